The molecule has 0 bridgehead atoms. The van der Waals surface area contributed by atoms with Gasteiger partial charge in [0, 0.05) is 0 Å². The summed E-state index contributed by atoms with van der Waals surface area (Å²) in [7, 11) is 1.33. The Balaban J connectivity index is 3.67. The first kappa shape index (κ1) is 13.9. The van der Waals surface area contributed by atoms with Crippen LogP contribution in [-0.4, -0.2) is 44.6 Å². The number of methoxy groups -OCH3 is 1. The molecule has 5 nitrogen and oxygen atoms in total. The van der Waals surface area contributed by atoms with Gasteiger partial charge in [-0.15, -0.1) is 0 Å². The van der Waals surface area contributed by atoms with Crippen LogP contribution < -0.4 is 0 Å². The Bertz CT molecular complexity index is 200. The van der Waals surface area contributed by atoms with Crippen molar-refractivity contribution in [2.75, 3.05) is 33.5 Å². The van der Waals surface area contributed by atoms with Gasteiger partial charge in [-0.3, -0.25) is 0 Å². The zero-order valence-electron chi connectivity index (χ0n) is 9.19. The van der Waals surface area contributed by atoms with Crippen LogP contribution in [0.1, 0.15) is 13.3 Å². The molecule has 1 N–H and O–H groups in total. The van der Waals surface area contributed by atoms with Gasteiger partial charge in [-0.05, 0) is 6.42 Å². The van der Waals surface area contributed by atoms with Crippen LogP contribution in [0.2, 0.25) is 0 Å². The summed E-state index contributed by atoms with van der Waals surface area (Å²) in [4.78, 5) is 11.1. The molecule has 0 aromatic heterocycles. The second kappa shape index (κ2) is 9.48. The smallest absolute Gasteiger partial charge is 0.336 e. The molecule has 0 saturated carbocycles. The van der Waals surface area contributed by atoms with E-state index >= 15 is 0 Å². The number of carbonyl (C=O) groups excluding carboxylic acids is 1. The van der Waals surface area contributed by atoms with E-state index in [1.54, 1.807) is 0 Å². The number of hydrogen-bond donors (Lipinski definition) is 1. The van der Waals surface area contributed by atoms with E-state index in [0.717, 1.165) is 0 Å². The van der Waals surface area contributed by atoms with Crippen molar-refractivity contribution < 1.29 is 24.1 Å². The third-order valence-corrected chi connectivity index (χ3v) is 1.64. The summed E-state index contributed by atoms with van der Waals surface area (Å²) in [6.45, 7) is 2.87. The second-order valence-electron chi connectivity index (χ2n) is 2.69. The van der Waals surface area contributed by atoms with Gasteiger partial charge in [0.2, 0.25) is 0 Å². The van der Waals surface area contributed by atoms with Crippen LogP contribution in [0.25, 0.3) is 0 Å². The molecule has 0 heterocycles. The molecule has 0 aliphatic rings. The molecule has 0 aliphatic heterocycles. The first-order valence-corrected chi connectivity index (χ1v) is 4.83. The van der Waals surface area contributed by atoms with Crippen molar-refractivity contribution in [3.8, 4) is 0 Å². The minimum Gasteiger partial charge on any atom is -0.498 e. The molecule has 0 aromatic carbocycles. The van der Waals surface area contributed by atoms with Gasteiger partial charge in [-0.1, -0.05) is 6.92 Å². The number of ether oxygens (including phenoxy) is 3. The van der Waals surface area contributed by atoms with Gasteiger partial charge >= 0.3 is 5.97 Å². The minimum absolute atomic E-state index is 0.00178. The van der Waals surface area contributed by atoms with E-state index in [-0.39, 0.29) is 12.6 Å². The van der Waals surface area contributed by atoms with Crippen LogP contribution in [0.5, 0.6) is 0 Å². The SMILES string of the molecule is CCC(=COCCOCCO)C(=O)OC. The first-order chi connectivity index (χ1) is 7.26. The van der Waals surface area contributed by atoms with Gasteiger partial charge in [-0.2, -0.15) is 0 Å². The lowest BCUT2D eigenvalue weighted by Crippen LogP contribution is -2.07. The van der Waals surface area contributed by atoms with Gasteiger partial charge in [0.1, 0.15) is 6.61 Å². The average Bonchev–Trinajstić information content (AvgIpc) is 2.27. The van der Waals surface area contributed by atoms with E-state index in [1.165, 1.54) is 13.4 Å². The van der Waals surface area contributed by atoms with E-state index in [0.29, 0.717) is 31.8 Å². The summed E-state index contributed by atoms with van der Waals surface area (Å²) in [5, 5.41) is 8.41. The van der Waals surface area contributed by atoms with Crippen molar-refractivity contribution in [1.29, 1.82) is 0 Å². The van der Waals surface area contributed by atoms with Gasteiger partial charge in [0.15, 0.2) is 0 Å². The Morgan fingerprint density at radius 1 is 1.33 bits per heavy atom. The first-order valence-electron chi connectivity index (χ1n) is 4.83. The predicted octanol–water partition coefficient (Wildman–Crippen LogP) is 0.479. The van der Waals surface area contributed by atoms with Crippen LogP contribution in [-0.2, 0) is 19.0 Å². The van der Waals surface area contributed by atoms with Crippen molar-refractivity contribution in [2.24, 2.45) is 0 Å². The zero-order valence-corrected chi connectivity index (χ0v) is 9.19. The molecule has 0 rings (SSSR count). The minimum atomic E-state index is -0.381. The maximum Gasteiger partial charge on any atom is 0.336 e. The third kappa shape index (κ3) is 6.93. The van der Waals surface area contributed by atoms with Crippen molar-refractivity contribution in [2.45, 2.75) is 13.3 Å². The Morgan fingerprint density at radius 3 is 2.60 bits per heavy atom. The molecule has 0 unspecified atom stereocenters. The van der Waals surface area contributed by atoms with Crippen molar-refractivity contribution in [1.82, 2.24) is 0 Å². The van der Waals surface area contributed by atoms with E-state index < -0.39 is 0 Å². The predicted molar refractivity (Wildman–Crippen MR) is 54.2 cm³/mol. The number of rotatable bonds is 8. The molecule has 88 valence electrons. The standard InChI is InChI=1S/C10H18O5/c1-3-9(10(12)13-2)8-15-7-6-14-5-4-11/h8,11H,3-7H2,1-2H3. The highest BCUT2D eigenvalue weighted by Crippen LogP contribution is 2.02. The normalized spacial score (nSPS) is 11.3. The number of aliphatic hydroxyl groups excluding tert-OH is 1. The highest BCUT2D eigenvalue weighted by atomic mass is 16.5. The number of esters is 1. The van der Waals surface area contributed by atoms with E-state index in [1.807, 2.05) is 6.92 Å². The topological polar surface area (TPSA) is 65.0 Å². The summed E-state index contributed by atoms with van der Waals surface area (Å²) < 4.78 is 14.6. The average molecular weight is 218 g/mol. The Morgan fingerprint density at radius 2 is 2.07 bits per heavy atom. The van der Waals surface area contributed by atoms with Crippen molar-refractivity contribution in [3.05, 3.63) is 11.8 Å². The lowest BCUT2D eigenvalue weighted by atomic mass is 10.2. The quantitative estimate of drug-likeness (QED) is 0.278. The second-order valence-corrected chi connectivity index (χ2v) is 2.69. The summed E-state index contributed by atoms with van der Waals surface area (Å²) in [5.74, 6) is -0.381. The van der Waals surface area contributed by atoms with Crippen LogP contribution in [0, 0.1) is 0 Å². The van der Waals surface area contributed by atoms with Crippen molar-refractivity contribution >= 4 is 5.97 Å². The molecule has 0 amide bonds. The summed E-state index contributed by atoms with van der Waals surface area (Å²) in [6.07, 6.45) is 1.94. The van der Waals surface area contributed by atoms with Crippen LogP contribution in [0.15, 0.2) is 11.8 Å². The Labute approximate surface area is 89.6 Å². The van der Waals surface area contributed by atoms with E-state index in [4.69, 9.17) is 14.6 Å². The molecule has 0 atom stereocenters. The molecule has 0 aromatic rings. The maximum absolute atomic E-state index is 11.1. The molecule has 0 spiro atoms. The number of carbonyl (C=O) groups is 1. The van der Waals surface area contributed by atoms with Crippen molar-refractivity contribution in [3.63, 3.8) is 0 Å². The lowest BCUT2D eigenvalue weighted by Gasteiger charge is -2.04. The number of aliphatic hydroxyl groups is 1. The van der Waals surface area contributed by atoms with E-state index in [2.05, 4.69) is 4.74 Å². The molecule has 15 heavy (non-hydrogen) atoms. The Kier molecular flexibility index (Phi) is 8.81. The van der Waals surface area contributed by atoms with Gasteiger partial charge < -0.3 is 19.3 Å². The van der Waals surface area contributed by atoms with Gasteiger partial charge in [0.25, 0.3) is 0 Å². The van der Waals surface area contributed by atoms with Gasteiger partial charge in [0.05, 0.1) is 38.8 Å². The molecule has 0 saturated heterocycles. The fourth-order valence-electron chi connectivity index (χ4n) is 0.840. The molecule has 0 radical (unpaired) electrons. The van der Waals surface area contributed by atoms with Gasteiger partial charge in [-0.25, -0.2) is 4.79 Å². The number of hydrogen-bond acceptors (Lipinski definition) is 5. The highest BCUT2D eigenvalue weighted by molar-refractivity contribution is 5.87. The lowest BCUT2D eigenvalue weighted by molar-refractivity contribution is -0.136. The molecule has 5 heteroatoms. The Hall–Kier alpha value is -1.07. The van der Waals surface area contributed by atoms with Crippen LogP contribution >= 0.6 is 0 Å². The summed E-state index contributed by atoms with van der Waals surface area (Å²) in [6, 6.07) is 0. The molecule has 0 aliphatic carbocycles. The fraction of sp³-hybridized carbons (Fsp3) is 0.700. The highest BCUT2D eigenvalue weighted by Gasteiger charge is 2.06. The molecule has 0 fully saturated rings. The third-order valence-electron chi connectivity index (χ3n) is 1.64. The maximum atomic E-state index is 11.1. The molecular weight excluding hydrogens is 200 g/mol. The molecular formula is C10H18O5. The zero-order chi connectivity index (χ0) is 11.5. The van der Waals surface area contributed by atoms with Crippen LogP contribution in [0.3, 0.4) is 0 Å². The van der Waals surface area contributed by atoms with E-state index in [9.17, 15) is 4.79 Å². The summed E-state index contributed by atoms with van der Waals surface area (Å²) >= 11 is 0. The largest absolute Gasteiger partial charge is 0.498 e. The van der Waals surface area contributed by atoms with Crippen LogP contribution in [0.4, 0.5) is 0 Å². The summed E-state index contributed by atoms with van der Waals surface area (Å²) in [5.41, 5.74) is 0.486. The monoisotopic (exact) mass is 218 g/mol. The fourth-order valence-corrected chi connectivity index (χ4v) is 0.840.